The minimum absolute atomic E-state index is 0.128. The lowest BCUT2D eigenvalue weighted by molar-refractivity contribution is -0.136. The van der Waals surface area contributed by atoms with Crippen LogP contribution in [-0.2, 0) is 26.8 Å². The average Bonchev–Trinajstić information content (AvgIpc) is 2.30. The first kappa shape index (κ1) is 11.1. The molecule has 1 heterocycles. The topological polar surface area (TPSA) is 84.3 Å². The fraction of sp³-hybridized carbons (Fsp3) is 0.429. The number of hydrogen-bond donors (Lipinski definition) is 1. The molecular formula is C7H9NO4S2. The molecule has 0 aromatic carbocycles. The van der Waals surface area contributed by atoms with Crippen LogP contribution in [0.2, 0.25) is 0 Å². The lowest BCUT2D eigenvalue weighted by atomic mass is 10.3. The van der Waals surface area contributed by atoms with Crippen LogP contribution in [0.15, 0.2) is 5.38 Å². The largest absolute Gasteiger partial charge is 0.481 e. The molecule has 1 aromatic rings. The molecule has 0 atom stereocenters. The van der Waals surface area contributed by atoms with Gasteiger partial charge in [-0.2, -0.15) is 0 Å². The van der Waals surface area contributed by atoms with Gasteiger partial charge in [-0.3, -0.25) is 4.79 Å². The zero-order valence-electron chi connectivity index (χ0n) is 7.43. The third-order valence-electron chi connectivity index (χ3n) is 1.32. The molecule has 0 aliphatic heterocycles. The molecule has 0 amide bonds. The fourth-order valence-electron chi connectivity index (χ4n) is 0.876. The first-order valence-corrected chi connectivity index (χ1v) is 6.63. The van der Waals surface area contributed by atoms with Crippen molar-refractivity contribution in [1.82, 2.24) is 4.98 Å². The van der Waals surface area contributed by atoms with Gasteiger partial charge in [-0.25, -0.2) is 13.4 Å². The molecule has 0 saturated carbocycles. The first-order valence-electron chi connectivity index (χ1n) is 3.69. The molecule has 1 aromatic heterocycles. The van der Waals surface area contributed by atoms with Crippen LogP contribution in [0.5, 0.6) is 0 Å². The molecule has 0 aliphatic carbocycles. The quantitative estimate of drug-likeness (QED) is 0.812. The highest BCUT2D eigenvalue weighted by atomic mass is 32.2. The summed E-state index contributed by atoms with van der Waals surface area (Å²) in [5.41, 5.74) is 0.404. The van der Waals surface area contributed by atoms with Crippen molar-refractivity contribution < 1.29 is 18.3 Å². The number of rotatable bonds is 4. The van der Waals surface area contributed by atoms with Crippen molar-refractivity contribution in [3.05, 3.63) is 16.1 Å². The fourth-order valence-corrected chi connectivity index (χ4v) is 2.88. The van der Waals surface area contributed by atoms with Crippen molar-refractivity contribution in [3.8, 4) is 0 Å². The van der Waals surface area contributed by atoms with Crippen molar-refractivity contribution in [2.24, 2.45) is 0 Å². The maximum Gasteiger partial charge on any atom is 0.309 e. The highest BCUT2D eigenvalue weighted by Gasteiger charge is 2.10. The van der Waals surface area contributed by atoms with Crippen LogP contribution < -0.4 is 0 Å². The molecule has 0 unspecified atom stereocenters. The van der Waals surface area contributed by atoms with Crippen LogP contribution in [-0.4, -0.2) is 30.7 Å². The van der Waals surface area contributed by atoms with Gasteiger partial charge in [0.05, 0.1) is 12.1 Å². The molecule has 0 spiro atoms. The summed E-state index contributed by atoms with van der Waals surface area (Å²) < 4.78 is 21.8. The molecular weight excluding hydrogens is 226 g/mol. The second-order valence-electron chi connectivity index (χ2n) is 2.87. The molecule has 0 aliphatic rings. The van der Waals surface area contributed by atoms with Crippen molar-refractivity contribution in [3.63, 3.8) is 0 Å². The normalized spacial score (nSPS) is 11.5. The third kappa shape index (κ3) is 3.84. The molecule has 78 valence electrons. The van der Waals surface area contributed by atoms with E-state index in [2.05, 4.69) is 4.98 Å². The SMILES string of the molecule is CS(=O)(=O)Cc1nc(CC(=O)O)cs1. The van der Waals surface area contributed by atoms with E-state index in [4.69, 9.17) is 5.11 Å². The summed E-state index contributed by atoms with van der Waals surface area (Å²) in [5.74, 6) is -1.10. The highest BCUT2D eigenvalue weighted by molar-refractivity contribution is 7.90. The standard InChI is InChI=1S/C7H9NO4S2/c1-14(11,12)4-6-8-5(3-13-6)2-7(9)10/h3H,2,4H2,1H3,(H,9,10). The van der Waals surface area contributed by atoms with Gasteiger partial charge in [0.2, 0.25) is 0 Å². The van der Waals surface area contributed by atoms with Gasteiger partial charge in [0.25, 0.3) is 0 Å². The Morgan fingerprint density at radius 2 is 2.29 bits per heavy atom. The molecule has 1 rings (SSSR count). The van der Waals surface area contributed by atoms with Crippen molar-refractivity contribution >= 4 is 27.1 Å². The van der Waals surface area contributed by atoms with E-state index in [0.29, 0.717) is 10.7 Å². The number of hydrogen-bond acceptors (Lipinski definition) is 5. The van der Waals surface area contributed by atoms with Crippen molar-refractivity contribution in [2.75, 3.05) is 6.26 Å². The molecule has 7 heteroatoms. The van der Waals surface area contributed by atoms with Crippen LogP contribution in [0.25, 0.3) is 0 Å². The van der Waals surface area contributed by atoms with Gasteiger partial charge in [0.15, 0.2) is 9.84 Å². The number of nitrogens with zero attached hydrogens (tertiary/aromatic N) is 1. The first-order chi connectivity index (χ1) is 6.37. The summed E-state index contributed by atoms with van der Waals surface area (Å²) in [5, 5.41) is 10.5. The van der Waals surface area contributed by atoms with E-state index in [1.807, 2.05) is 0 Å². The molecule has 0 saturated heterocycles. The summed E-state index contributed by atoms with van der Waals surface area (Å²) in [4.78, 5) is 14.2. The molecule has 1 N–H and O–H groups in total. The minimum Gasteiger partial charge on any atom is -0.481 e. The van der Waals surface area contributed by atoms with E-state index in [9.17, 15) is 13.2 Å². The van der Waals surface area contributed by atoms with Gasteiger partial charge in [-0.05, 0) is 0 Å². The van der Waals surface area contributed by atoms with E-state index >= 15 is 0 Å². The minimum atomic E-state index is -3.09. The molecule has 0 bridgehead atoms. The Balaban J connectivity index is 2.74. The van der Waals surface area contributed by atoms with Crippen LogP contribution in [0.3, 0.4) is 0 Å². The summed E-state index contributed by atoms with van der Waals surface area (Å²) in [6.07, 6.45) is 0.950. The van der Waals surface area contributed by atoms with Crippen LogP contribution in [0, 0.1) is 0 Å². The summed E-state index contributed by atoms with van der Waals surface area (Å²) in [7, 11) is -3.09. The van der Waals surface area contributed by atoms with Gasteiger partial charge >= 0.3 is 5.97 Å². The smallest absolute Gasteiger partial charge is 0.309 e. The number of carbonyl (C=O) groups is 1. The van der Waals surface area contributed by atoms with Crippen LogP contribution >= 0.6 is 11.3 Å². The van der Waals surface area contributed by atoms with E-state index in [1.54, 1.807) is 5.38 Å². The maximum atomic E-state index is 10.9. The molecule has 0 radical (unpaired) electrons. The second kappa shape index (κ2) is 4.05. The van der Waals surface area contributed by atoms with Gasteiger partial charge in [0.1, 0.15) is 10.8 Å². The number of carboxylic acid groups (broad SMARTS) is 1. The molecule has 14 heavy (non-hydrogen) atoms. The van der Waals surface area contributed by atoms with E-state index in [1.165, 1.54) is 0 Å². The number of sulfone groups is 1. The van der Waals surface area contributed by atoms with Crippen LogP contribution in [0.4, 0.5) is 0 Å². The van der Waals surface area contributed by atoms with E-state index < -0.39 is 15.8 Å². The Morgan fingerprint density at radius 3 is 2.79 bits per heavy atom. The highest BCUT2D eigenvalue weighted by Crippen LogP contribution is 2.12. The van der Waals surface area contributed by atoms with Crippen molar-refractivity contribution in [2.45, 2.75) is 12.2 Å². The molecule has 5 nitrogen and oxygen atoms in total. The predicted molar refractivity (Wildman–Crippen MR) is 52.0 cm³/mol. The zero-order valence-corrected chi connectivity index (χ0v) is 9.06. The van der Waals surface area contributed by atoms with Gasteiger partial charge < -0.3 is 5.11 Å². The average molecular weight is 235 g/mol. The Labute approximate surface area is 85.3 Å². The number of aliphatic carboxylic acids is 1. The molecule has 0 fully saturated rings. The van der Waals surface area contributed by atoms with Gasteiger partial charge in [0, 0.05) is 11.6 Å². The summed E-state index contributed by atoms with van der Waals surface area (Å²) in [6.45, 7) is 0. The Morgan fingerprint density at radius 1 is 1.64 bits per heavy atom. The zero-order chi connectivity index (χ0) is 10.8. The number of thiazole rings is 1. The maximum absolute atomic E-state index is 10.9. The lowest BCUT2D eigenvalue weighted by Crippen LogP contribution is -2.02. The van der Waals surface area contributed by atoms with E-state index in [-0.39, 0.29) is 12.2 Å². The van der Waals surface area contributed by atoms with E-state index in [0.717, 1.165) is 17.6 Å². The van der Waals surface area contributed by atoms with Gasteiger partial charge in [-0.1, -0.05) is 0 Å². The Hall–Kier alpha value is -0.950. The predicted octanol–water partition coefficient (Wildman–Crippen LogP) is 0.315. The monoisotopic (exact) mass is 235 g/mol. The lowest BCUT2D eigenvalue weighted by Gasteiger charge is -1.91. The Bertz CT molecular complexity index is 434. The number of aromatic nitrogens is 1. The third-order valence-corrected chi connectivity index (χ3v) is 3.20. The summed E-state index contributed by atoms with van der Waals surface area (Å²) >= 11 is 1.16. The van der Waals surface area contributed by atoms with Crippen molar-refractivity contribution in [1.29, 1.82) is 0 Å². The van der Waals surface area contributed by atoms with Gasteiger partial charge in [-0.15, -0.1) is 11.3 Å². The summed E-state index contributed by atoms with van der Waals surface area (Å²) in [6, 6.07) is 0. The second-order valence-corrected chi connectivity index (χ2v) is 5.96. The van der Waals surface area contributed by atoms with Crippen LogP contribution in [0.1, 0.15) is 10.7 Å². The number of carboxylic acids is 1. The Kier molecular flexibility index (Phi) is 3.22.